The van der Waals surface area contributed by atoms with Gasteiger partial charge in [0, 0.05) is 13.0 Å². The number of aliphatic hydroxyl groups excluding tert-OH is 4. The Hall–Kier alpha value is -0.240. The molecule has 1 aliphatic carbocycles. The molecular weight excluding hydrogens is 178 g/mol. The lowest BCUT2D eigenvalue weighted by Gasteiger charge is -2.43. The summed E-state index contributed by atoms with van der Waals surface area (Å²) in [5.74, 6) is 0. The van der Waals surface area contributed by atoms with Crippen LogP contribution in [0.15, 0.2) is 0 Å². The molecule has 1 aliphatic rings. The number of hydrogen-bond acceptors (Lipinski definition) is 6. The summed E-state index contributed by atoms with van der Waals surface area (Å²) in [6.07, 6.45) is -6.06. The van der Waals surface area contributed by atoms with Crippen molar-refractivity contribution in [3.8, 4) is 0 Å². The Morgan fingerprint density at radius 1 is 1.15 bits per heavy atom. The van der Waals surface area contributed by atoms with Gasteiger partial charge in [0.15, 0.2) is 0 Å². The van der Waals surface area contributed by atoms with Crippen LogP contribution in [0, 0.1) is 0 Å². The number of rotatable bonds is 1. The molecule has 0 spiro atoms. The Morgan fingerprint density at radius 2 is 1.69 bits per heavy atom. The molecule has 0 amide bonds. The molecule has 1 rings (SSSR count). The molecule has 78 valence electrons. The summed E-state index contributed by atoms with van der Waals surface area (Å²) in [4.78, 5) is 0. The van der Waals surface area contributed by atoms with Crippen LogP contribution in [0.3, 0.4) is 0 Å². The zero-order valence-electron chi connectivity index (χ0n) is 7.04. The van der Waals surface area contributed by atoms with Crippen LogP contribution in [0.25, 0.3) is 0 Å². The zero-order valence-corrected chi connectivity index (χ0v) is 7.04. The Bertz CT molecular complexity index is 190. The molecule has 0 aromatic rings. The molecule has 6 nitrogen and oxygen atoms in total. The van der Waals surface area contributed by atoms with Gasteiger partial charge >= 0.3 is 0 Å². The molecule has 0 bridgehead atoms. The van der Waals surface area contributed by atoms with Gasteiger partial charge in [-0.2, -0.15) is 0 Å². The normalized spacial score (nSPS) is 52.2. The maximum Gasteiger partial charge on any atom is 0.112 e. The Labute approximate surface area is 75.2 Å². The van der Waals surface area contributed by atoms with Gasteiger partial charge in [-0.1, -0.05) is 0 Å². The van der Waals surface area contributed by atoms with Crippen molar-refractivity contribution in [1.29, 1.82) is 0 Å². The number of hydrogen-bond donors (Lipinski definition) is 6. The Balaban J connectivity index is 2.82. The maximum absolute atomic E-state index is 9.60. The summed E-state index contributed by atoms with van der Waals surface area (Å²) in [6, 6.07) is 0. The summed E-state index contributed by atoms with van der Waals surface area (Å²) in [7, 11) is 0. The third-order valence-corrected chi connectivity index (χ3v) is 2.53. The van der Waals surface area contributed by atoms with Crippen molar-refractivity contribution in [2.75, 3.05) is 6.54 Å². The fourth-order valence-electron chi connectivity index (χ4n) is 1.54. The van der Waals surface area contributed by atoms with Crippen molar-refractivity contribution < 1.29 is 25.5 Å². The molecule has 0 heterocycles. The first-order chi connectivity index (χ1) is 5.92. The quantitative estimate of drug-likeness (QED) is 0.257. The lowest BCUT2D eigenvalue weighted by Crippen LogP contribution is -2.65. The average molecular weight is 193 g/mol. The number of aliphatic hydroxyl groups is 5. The molecule has 6 heteroatoms. The minimum absolute atomic E-state index is 0.247. The van der Waals surface area contributed by atoms with Gasteiger partial charge in [0.2, 0.25) is 0 Å². The van der Waals surface area contributed by atoms with Gasteiger partial charge in [0.05, 0.1) is 6.10 Å². The van der Waals surface area contributed by atoms with Crippen LogP contribution in [0.5, 0.6) is 0 Å². The van der Waals surface area contributed by atoms with E-state index < -0.39 is 30.0 Å². The summed E-state index contributed by atoms with van der Waals surface area (Å²) in [5, 5.41) is 46.5. The van der Waals surface area contributed by atoms with Gasteiger partial charge in [-0.3, -0.25) is 0 Å². The second-order valence-electron chi connectivity index (χ2n) is 3.51. The molecule has 0 aliphatic heterocycles. The van der Waals surface area contributed by atoms with E-state index in [0.717, 1.165) is 0 Å². The zero-order chi connectivity index (χ0) is 10.2. The first-order valence-corrected chi connectivity index (χ1v) is 4.07. The molecule has 0 aromatic heterocycles. The lowest BCUT2D eigenvalue weighted by atomic mass is 9.77. The van der Waals surface area contributed by atoms with E-state index in [9.17, 15) is 20.4 Å². The molecule has 5 atom stereocenters. The van der Waals surface area contributed by atoms with E-state index in [-0.39, 0.29) is 13.0 Å². The van der Waals surface area contributed by atoms with Crippen LogP contribution < -0.4 is 5.73 Å². The summed E-state index contributed by atoms with van der Waals surface area (Å²) < 4.78 is 0. The fraction of sp³-hybridized carbons (Fsp3) is 1.00. The topological polar surface area (TPSA) is 127 Å². The van der Waals surface area contributed by atoms with Crippen LogP contribution in [0.2, 0.25) is 0 Å². The van der Waals surface area contributed by atoms with Gasteiger partial charge in [0.1, 0.15) is 23.9 Å². The van der Waals surface area contributed by atoms with Gasteiger partial charge in [0.25, 0.3) is 0 Å². The predicted octanol–water partition coefficient (Wildman–Crippen LogP) is -3.48. The van der Waals surface area contributed by atoms with Crippen molar-refractivity contribution in [2.45, 2.75) is 36.4 Å². The minimum atomic E-state index is -1.72. The predicted molar refractivity (Wildman–Crippen MR) is 42.6 cm³/mol. The summed E-state index contributed by atoms with van der Waals surface area (Å²) in [5.41, 5.74) is 3.46. The van der Waals surface area contributed by atoms with Gasteiger partial charge < -0.3 is 31.3 Å². The monoisotopic (exact) mass is 193 g/mol. The van der Waals surface area contributed by atoms with E-state index in [4.69, 9.17) is 10.8 Å². The van der Waals surface area contributed by atoms with Crippen molar-refractivity contribution in [2.24, 2.45) is 5.73 Å². The van der Waals surface area contributed by atoms with Crippen molar-refractivity contribution in [3.63, 3.8) is 0 Å². The standard InChI is InChI=1S/C7H15NO5/c8-2-7(13)1-3(9)4(10)5(11)6(7)12/h3-6,9-13H,1-2,8H2/t3-,4-,5-,6+,7+/m0/s1. The average Bonchev–Trinajstić information content (AvgIpc) is 2.12. The van der Waals surface area contributed by atoms with Gasteiger partial charge in [-0.05, 0) is 0 Å². The van der Waals surface area contributed by atoms with Crippen molar-refractivity contribution >= 4 is 0 Å². The van der Waals surface area contributed by atoms with Gasteiger partial charge in [-0.25, -0.2) is 0 Å². The van der Waals surface area contributed by atoms with Gasteiger partial charge in [-0.15, -0.1) is 0 Å². The molecule has 13 heavy (non-hydrogen) atoms. The molecule has 0 radical (unpaired) electrons. The maximum atomic E-state index is 9.60. The molecule has 0 saturated heterocycles. The molecule has 1 saturated carbocycles. The fourth-order valence-corrected chi connectivity index (χ4v) is 1.54. The van der Waals surface area contributed by atoms with E-state index in [1.165, 1.54) is 0 Å². The van der Waals surface area contributed by atoms with E-state index in [1.54, 1.807) is 0 Å². The third-order valence-electron chi connectivity index (χ3n) is 2.53. The highest BCUT2D eigenvalue weighted by molar-refractivity contribution is 5.02. The molecular formula is C7H15NO5. The van der Waals surface area contributed by atoms with E-state index in [1.807, 2.05) is 0 Å². The van der Waals surface area contributed by atoms with Crippen molar-refractivity contribution in [1.82, 2.24) is 0 Å². The first kappa shape index (κ1) is 10.8. The highest BCUT2D eigenvalue weighted by Crippen LogP contribution is 2.28. The van der Waals surface area contributed by atoms with Crippen LogP contribution in [0.1, 0.15) is 6.42 Å². The molecule has 7 N–H and O–H groups in total. The highest BCUT2D eigenvalue weighted by Gasteiger charge is 2.50. The second-order valence-corrected chi connectivity index (χ2v) is 3.51. The third kappa shape index (κ3) is 1.69. The summed E-state index contributed by atoms with van der Waals surface area (Å²) >= 11 is 0. The number of nitrogens with two attached hydrogens (primary N) is 1. The first-order valence-electron chi connectivity index (χ1n) is 4.07. The van der Waals surface area contributed by atoms with E-state index >= 15 is 0 Å². The largest absolute Gasteiger partial charge is 0.390 e. The Morgan fingerprint density at radius 3 is 2.15 bits per heavy atom. The van der Waals surface area contributed by atoms with E-state index in [2.05, 4.69) is 0 Å². The molecule has 0 unspecified atom stereocenters. The van der Waals surface area contributed by atoms with Crippen LogP contribution >= 0.6 is 0 Å². The van der Waals surface area contributed by atoms with Crippen LogP contribution in [-0.4, -0.2) is 62.1 Å². The van der Waals surface area contributed by atoms with E-state index in [0.29, 0.717) is 0 Å². The molecule has 0 aromatic carbocycles. The second kappa shape index (κ2) is 3.49. The smallest absolute Gasteiger partial charge is 0.112 e. The minimum Gasteiger partial charge on any atom is -0.390 e. The lowest BCUT2D eigenvalue weighted by molar-refractivity contribution is -0.214. The highest BCUT2D eigenvalue weighted by atomic mass is 16.4. The van der Waals surface area contributed by atoms with Crippen LogP contribution in [0.4, 0.5) is 0 Å². The van der Waals surface area contributed by atoms with Crippen molar-refractivity contribution in [3.05, 3.63) is 0 Å². The Kier molecular flexibility index (Phi) is 2.91. The molecule has 1 fully saturated rings. The van der Waals surface area contributed by atoms with Crippen LogP contribution in [-0.2, 0) is 0 Å². The summed E-state index contributed by atoms with van der Waals surface area (Å²) in [6.45, 7) is -0.283. The SMILES string of the molecule is NC[C@]1(O)C[C@H](O)[C@H](O)[C@H](O)[C@H]1O.